The van der Waals surface area contributed by atoms with Gasteiger partial charge in [0, 0.05) is 17.1 Å². The molecule has 0 aromatic heterocycles. The lowest BCUT2D eigenvalue weighted by Gasteiger charge is -2.60. The van der Waals surface area contributed by atoms with E-state index in [9.17, 15) is 4.79 Å². The number of hydrogen-bond donors (Lipinski definition) is 1. The van der Waals surface area contributed by atoms with Crippen molar-refractivity contribution in [2.45, 2.75) is 76.9 Å². The third kappa shape index (κ3) is 1.93. The van der Waals surface area contributed by atoms with Gasteiger partial charge in [-0.1, -0.05) is 13.8 Å². The Labute approximate surface area is 135 Å². The van der Waals surface area contributed by atoms with Crippen LogP contribution in [0.1, 0.15) is 71.6 Å². The lowest BCUT2D eigenvalue weighted by molar-refractivity contribution is -0.138. The van der Waals surface area contributed by atoms with Crippen LogP contribution in [0.3, 0.4) is 0 Å². The second-order valence-corrected chi connectivity index (χ2v) is 9.73. The van der Waals surface area contributed by atoms with E-state index in [0.29, 0.717) is 22.4 Å². The Morgan fingerprint density at radius 3 is 2.62 bits per heavy atom. The standard InChI is InChI=1S/C19H30OS/c1-18-9-7-13(21)11-12(18)3-4-14-15-5-6-17(20)19(15,2)10-8-16(14)18/h12-16,21H,3-11H2,1-2H3/t12?,13?,14-,15-,16+,18-,19-/m0/s1. The van der Waals surface area contributed by atoms with Gasteiger partial charge in [0.15, 0.2) is 0 Å². The Kier molecular flexibility index (Phi) is 3.31. The first kappa shape index (κ1) is 14.6. The smallest absolute Gasteiger partial charge is 0.139 e. The zero-order valence-corrected chi connectivity index (χ0v) is 14.5. The molecular weight excluding hydrogens is 276 g/mol. The monoisotopic (exact) mass is 306 g/mol. The summed E-state index contributed by atoms with van der Waals surface area (Å²) in [4.78, 5) is 12.4. The lowest BCUT2D eigenvalue weighted by atomic mass is 9.45. The van der Waals surface area contributed by atoms with Crippen LogP contribution in [0.15, 0.2) is 0 Å². The first-order chi connectivity index (χ1) is 9.95. The van der Waals surface area contributed by atoms with E-state index >= 15 is 0 Å². The SMILES string of the molecule is C[C@]12CCC(S)CC1CC[C@@H]1[C@H]2CC[C@]2(C)C(=O)CC[C@@H]12. The molecule has 118 valence electrons. The van der Waals surface area contributed by atoms with Crippen molar-refractivity contribution in [2.24, 2.45) is 34.5 Å². The van der Waals surface area contributed by atoms with Crippen LogP contribution in [0.25, 0.3) is 0 Å². The summed E-state index contributed by atoms with van der Waals surface area (Å²) in [5.74, 6) is 3.91. The van der Waals surface area contributed by atoms with Gasteiger partial charge in [-0.05, 0) is 80.5 Å². The minimum atomic E-state index is 0.0467. The number of ketones is 1. The number of hydrogen-bond acceptors (Lipinski definition) is 2. The quantitative estimate of drug-likeness (QED) is 0.630. The number of thiol groups is 1. The molecule has 0 spiro atoms. The van der Waals surface area contributed by atoms with Crippen molar-refractivity contribution in [3.8, 4) is 0 Å². The highest BCUT2D eigenvalue weighted by Gasteiger charge is 2.59. The minimum Gasteiger partial charge on any atom is -0.299 e. The summed E-state index contributed by atoms with van der Waals surface area (Å²) in [6.07, 6.45) is 11.3. The van der Waals surface area contributed by atoms with Crippen molar-refractivity contribution in [3.05, 3.63) is 0 Å². The first-order valence-corrected chi connectivity index (χ1v) is 9.68. The summed E-state index contributed by atoms with van der Waals surface area (Å²) in [6, 6.07) is 0. The van der Waals surface area contributed by atoms with E-state index in [1.54, 1.807) is 0 Å². The summed E-state index contributed by atoms with van der Waals surface area (Å²) in [6.45, 7) is 4.88. The minimum absolute atomic E-state index is 0.0467. The van der Waals surface area contributed by atoms with Gasteiger partial charge in [-0.2, -0.15) is 12.6 Å². The molecule has 0 amide bonds. The highest BCUT2D eigenvalue weighted by molar-refractivity contribution is 7.80. The molecule has 0 heterocycles. The van der Waals surface area contributed by atoms with Crippen molar-refractivity contribution in [1.29, 1.82) is 0 Å². The normalized spacial score (nSPS) is 56.5. The second-order valence-electron chi connectivity index (χ2n) is 9.00. The maximum atomic E-state index is 12.4. The number of carbonyl (C=O) groups excluding carboxylic acids is 1. The average Bonchev–Trinajstić information content (AvgIpc) is 2.76. The van der Waals surface area contributed by atoms with Crippen molar-refractivity contribution in [3.63, 3.8) is 0 Å². The largest absolute Gasteiger partial charge is 0.299 e. The van der Waals surface area contributed by atoms with E-state index in [-0.39, 0.29) is 5.41 Å². The highest BCUT2D eigenvalue weighted by atomic mass is 32.1. The van der Waals surface area contributed by atoms with Crippen LogP contribution in [0, 0.1) is 34.5 Å². The predicted molar refractivity (Wildman–Crippen MR) is 89.5 cm³/mol. The molecule has 0 aromatic carbocycles. The van der Waals surface area contributed by atoms with E-state index in [0.717, 1.165) is 24.2 Å². The first-order valence-electron chi connectivity index (χ1n) is 9.16. The molecule has 0 bridgehead atoms. The van der Waals surface area contributed by atoms with Gasteiger partial charge in [-0.3, -0.25) is 4.79 Å². The van der Waals surface area contributed by atoms with Crippen LogP contribution in [-0.2, 0) is 4.79 Å². The van der Waals surface area contributed by atoms with Gasteiger partial charge >= 0.3 is 0 Å². The van der Waals surface area contributed by atoms with Crippen LogP contribution < -0.4 is 0 Å². The molecule has 2 unspecified atom stereocenters. The molecule has 0 radical (unpaired) electrons. The summed E-state index contributed by atoms with van der Waals surface area (Å²) in [7, 11) is 0. The summed E-state index contributed by atoms with van der Waals surface area (Å²) in [5.41, 5.74) is 0.597. The number of rotatable bonds is 0. The zero-order chi connectivity index (χ0) is 14.8. The van der Waals surface area contributed by atoms with Gasteiger partial charge in [0.2, 0.25) is 0 Å². The molecule has 2 heteroatoms. The molecule has 0 aliphatic heterocycles. The molecular formula is C19H30OS. The molecule has 4 saturated carbocycles. The summed E-state index contributed by atoms with van der Waals surface area (Å²) in [5, 5.41) is 0.640. The zero-order valence-electron chi connectivity index (χ0n) is 13.6. The molecule has 4 aliphatic rings. The van der Waals surface area contributed by atoms with Crippen LogP contribution in [0.5, 0.6) is 0 Å². The molecule has 0 saturated heterocycles. The van der Waals surface area contributed by atoms with Gasteiger partial charge in [-0.25, -0.2) is 0 Å². The van der Waals surface area contributed by atoms with Crippen LogP contribution in [-0.4, -0.2) is 11.0 Å². The van der Waals surface area contributed by atoms with E-state index in [1.165, 1.54) is 51.4 Å². The fraction of sp³-hybridized carbons (Fsp3) is 0.947. The van der Waals surface area contributed by atoms with E-state index < -0.39 is 0 Å². The van der Waals surface area contributed by atoms with E-state index in [2.05, 4.69) is 13.8 Å². The van der Waals surface area contributed by atoms with Gasteiger partial charge in [0.05, 0.1) is 0 Å². The Morgan fingerprint density at radius 1 is 1.00 bits per heavy atom. The third-order valence-electron chi connectivity index (χ3n) is 8.35. The van der Waals surface area contributed by atoms with Crippen molar-refractivity contribution in [1.82, 2.24) is 0 Å². The van der Waals surface area contributed by atoms with Crippen molar-refractivity contribution >= 4 is 18.4 Å². The Balaban J connectivity index is 1.64. The predicted octanol–water partition coefficient (Wildman–Crippen LogP) is 4.90. The average molecular weight is 307 g/mol. The molecule has 4 rings (SSSR count). The van der Waals surface area contributed by atoms with Crippen molar-refractivity contribution < 1.29 is 4.79 Å². The molecule has 21 heavy (non-hydrogen) atoms. The van der Waals surface area contributed by atoms with Gasteiger partial charge in [-0.15, -0.1) is 0 Å². The van der Waals surface area contributed by atoms with Crippen molar-refractivity contribution in [2.75, 3.05) is 0 Å². The number of fused-ring (bicyclic) bond motifs is 5. The second kappa shape index (κ2) is 4.76. The fourth-order valence-electron chi connectivity index (χ4n) is 7.01. The van der Waals surface area contributed by atoms with Gasteiger partial charge in [0.25, 0.3) is 0 Å². The maximum Gasteiger partial charge on any atom is 0.139 e. The Morgan fingerprint density at radius 2 is 1.81 bits per heavy atom. The molecule has 4 fully saturated rings. The Bertz CT molecular complexity index is 460. The molecule has 0 aromatic rings. The van der Waals surface area contributed by atoms with E-state index in [1.807, 2.05) is 0 Å². The maximum absolute atomic E-state index is 12.4. The van der Waals surface area contributed by atoms with Crippen LogP contribution >= 0.6 is 12.6 Å². The lowest BCUT2D eigenvalue weighted by Crippen LogP contribution is -2.53. The number of Topliss-reactive ketones (excluding diaryl/α,β-unsaturated/α-hetero) is 1. The molecule has 1 nitrogen and oxygen atoms in total. The molecule has 4 aliphatic carbocycles. The topological polar surface area (TPSA) is 17.1 Å². The van der Waals surface area contributed by atoms with Gasteiger partial charge < -0.3 is 0 Å². The number of carbonyl (C=O) groups is 1. The van der Waals surface area contributed by atoms with Crippen LogP contribution in [0.2, 0.25) is 0 Å². The van der Waals surface area contributed by atoms with Crippen LogP contribution in [0.4, 0.5) is 0 Å². The summed E-state index contributed by atoms with van der Waals surface area (Å²) < 4.78 is 0. The third-order valence-corrected chi connectivity index (χ3v) is 8.82. The Hall–Kier alpha value is 0.0200. The fourth-order valence-corrected chi connectivity index (χ4v) is 7.39. The highest BCUT2D eigenvalue weighted by Crippen LogP contribution is 2.65. The molecule has 0 N–H and O–H groups in total. The molecule has 7 atom stereocenters. The summed E-state index contributed by atoms with van der Waals surface area (Å²) >= 11 is 4.77. The van der Waals surface area contributed by atoms with Gasteiger partial charge in [0.1, 0.15) is 5.78 Å². The van der Waals surface area contributed by atoms with E-state index in [4.69, 9.17) is 12.6 Å².